The van der Waals surface area contributed by atoms with Crippen LogP contribution in [0.4, 0.5) is 16.2 Å². The summed E-state index contributed by atoms with van der Waals surface area (Å²) in [5.74, 6) is 0. The van der Waals surface area contributed by atoms with Gasteiger partial charge in [0, 0.05) is 21.4 Å². The van der Waals surface area contributed by atoms with Crippen LogP contribution in [0.2, 0.25) is 0 Å². The standard InChI is InChI=1S/C21H22BrN3O/c1-2-6-16-13-14-19(22)20(23-16)15-9-11-18(12-10-15)25-21(26)24-17-7-4-3-5-8-17/h3-5,7-12,14,16H,2,6,13H2,1H3,(H2,24,25,26). The molecule has 0 aromatic heterocycles. The number of rotatable bonds is 5. The highest BCUT2D eigenvalue weighted by Crippen LogP contribution is 2.25. The molecule has 1 atom stereocenters. The van der Waals surface area contributed by atoms with Crippen LogP contribution in [0.3, 0.4) is 0 Å². The van der Waals surface area contributed by atoms with Crippen LogP contribution < -0.4 is 10.6 Å². The van der Waals surface area contributed by atoms with Gasteiger partial charge in [-0.2, -0.15) is 0 Å². The largest absolute Gasteiger partial charge is 0.323 e. The molecule has 0 saturated carbocycles. The lowest BCUT2D eigenvalue weighted by Gasteiger charge is -2.18. The van der Waals surface area contributed by atoms with Crippen molar-refractivity contribution in [3.63, 3.8) is 0 Å². The minimum atomic E-state index is -0.261. The number of hydrogen-bond acceptors (Lipinski definition) is 2. The number of urea groups is 1. The molecule has 0 radical (unpaired) electrons. The fourth-order valence-corrected chi connectivity index (χ4v) is 3.41. The summed E-state index contributed by atoms with van der Waals surface area (Å²) in [5.41, 5.74) is 3.52. The van der Waals surface area contributed by atoms with Crippen molar-refractivity contribution in [1.82, 2.24) is 0 Å². The summed E-state index contributed by atoms with van der Waals surface area (Å²) < 4.78 is 1.03. The average Bonchev–Trinajstić information content (AvgIpc) is 2.65. The van der Waals surface area contributed by atoms with Crippen molar-refractivity contribution in [3.8, 4) is 0 Å². The number of aliphatic imine (C=N–C) groups is 1. The predicted molar refractivity (Wildman–Crippen MR) is 112 cm³/mol. The molecule has 0 bridgehead atoms. The molecule has 134 valence electrons. The Labute approximate surface area is 162 Å². The topological polar surface area (TPSA) is 53.5 Å². The summed E-state index contributed by atoms with van der Waals surface area (Å²) in [6.45, 7) is 2.18. The molecule has 0 saturated heterocycles. The summed E-state index contributed by atoms with van der Waals surface area (Å²) >= 11 is 3.62. The Kier molecular flexibility index (Phi) is 6.23. The Morgan fingerprint density at radius 2 is 1.73 bits per heavy atom. The number of allylic oxidation sites excluding steroid dienone is 1. The first kappa shape index (κ1) is 18.4. The number of nitrogens with zero attached hydrogens (tertiary/aromatic N) is 1. The van der Waals surface area contributed by atoms with Crippen molar-refractivity contribution in [2.45, 2.75) is 32.2 Å². The minimum Gasteiger partial charge on any atom is -0.308 e. The van der Waals surface area contributed by atoms with Crippen LogP contribution in [0, 0.1) is 0 Å². The molecule has 5 heteroatoms. The Morgan fingerprint density at radius 1 is 1.08 bits per heavy atom. The number of carbonyl (C=O) groups excluding carboxylic acids is 1. The van der Waals surface area contributed by atoms with Gasteiger partial charge in [0.15, 0.2) is 0 Å². The highest BCUT2D eigenvalue weighted by molar-refractivity contribution is 9.12. The molecule has 1 heterocycles. The molecule has 1 aliphatic rings. The van der Waals surface area contributed by atoms with Crippen molar-refractivity contribution in [2.24, 2.45) is 4.99 Å². The predicted octanol–water partition coefficient (Wildman–Crippen LogP) is 5.97. The van der Waals surface area contributed by atoms with E-state index in [0.717, 1.165) is 46.4 Å². The summed E-state index contributed by atoms with van der Waals surface area (Å²) in [5, 5.41) is 5.65. The van der Waals surface area contributed by atoms with Gasteiger partial charge in [0.2, 0.25) is 0 Å². The van der Waals surface area contributed by atoms with Crippen molar-refractivity contribution in [3.05, 3.63) is 70.7 Å². The minimum absolute atomic E-state index is 0.261. The van der Waals surface area contributed by atoms with Gasteiger partial charge in [-0.1, -0.05) is 49.8 Å². The van der Waals surface area contributed by atoms with Crippen LogP contribution in [0.1, 0.15) is 31.7 Å². The van der Waals surface area contributed by atoms with E-state index in [4.69, 9.17) is 4.99 Å². The second-order valence-electron chi connectivity index (χ2n) is 6.23. The number of hydrogen-bond donors (Lipinski definition) is 2. The van der Waals surface area contributed by atoms with Crippen LogP contribution in [-0.2, 0) is 0 Å². The lowest BCUT2D eigenvalue weighted by atomic mass is 10.0. The number of amides is 2. The number of para-hydroxylation sites is 1. The molecular formula is C21H22BrN3O. The lowest BCUT2D eigenvalue weighted by molar-refractivity contribution is 0.262. The van der Waals surface area contributed by atoms with Gasteiger partial charge in [-0.3, -0.25) is 4.99 Å². The number of carbonyl (C=O) groups is 1. The number of benzene rings is 2. The molecule has 3 rings (SSSR count). The maximum Gasteiger partial charge on any atom is 0.323 e. The van der Waals surface area contributed by atoms with Crippen LogP contribution >= 0.6 is 15.9 Å². The first-order valence-electron chi connectivity index (χ1n) is 8.83. The van der Waals surface area contributed by atoms with E-state index in [1.807, 2.05) is 54.6 Å². The van der Waals surface area contributed by atoms with Gasteiger partial charge >= 0.3 is 6.03 Å². The van der Waals surface area contributed by atoms with Crippen molar-refractivity contribution in [1.29, 1.82) is 0 Å². The van der Waals surface area contributed by atoms with Crippen LogP contribution in [0.5, 0.6) is 0 Å². The second-order valence-corrected chi connectivity index (χ2v) is 7.08. The third kappa shape index (κ3) is 4.82. The van der Waals surface area contributed by atoms with Crippen LogP contribution in [-0.4, -0.2) is 17.8 Å². The number of halogens is 1. The van der Waals surface area contributed by atoms with Crippen LogP contribution in [0.15, 0.2) is 70.1 Å². The van der Waals surface area contributed by atoms with Gasteiger partial charge in [0.05, 0.1) is 11.8 Å². The van der Waals surface area contributed by atoms with E-state index in [2.05, 4.69) is 39.6 Å². The highest BCUT2D eigenvalue weighted by atomic mass is 79.9. The summed E-state index contributed by atoms with van der Waals surface area (Å²) in [7, 11) is 0. The second kappa shape index (κ2) is 8.81. The van der Waals surface area contributed by atoms with Gasteiger partial charge in [-0.25, -0.2) is 4.79 Å². The molecule has 0 aliphatic carbocycles. The molecule has 0 spiro atoms. The van der Waals surface area contributed by atoms with E-state index in [9.17, 15) is 4.79 Å². The molecule has 2 aromatic rings. The third-order valence-electron chi connectivity index (χ3n) is 4.18. The Morgan fingerprint density at radius 3 is 2.38 bits per heavy atom. The molecule has 4 nitrogen and oxygen atoms in total. The van der Waals surface area contributed by atoms with E-state index in [-0.39, 0.29) is 6.03 Å². The van der Waals surface area contributed by atoms with Crippen LogP contribution in [0.25, 0.3) is 0 Å². The fraction of sp³-hybridized carbons (Fsp3) is 0.238. The Bertz CT molecular complexity index is 813. The van der Waals surface area contributed by atoms with Crippen molar-refractivity contribution >= 4 is 39.0 Å². The zero-order valence-electron chi connectivity index (χ0n) is 14.7. The number of anilines is 2. The molecule has 1 aliphatic heterocycles. The number of dihydropyridines is 1. The van der Waals surface area contributed by atoms with E-state index >= 15 is 0 Å². The van der Waals surface area contributed by atoms with E-state index in [0.29, 0.717) is 6.04 Å². The van der Waals surface area contributed by atoms with Gasteiger partial charge in [0.25, 0.3) is 0 Å². The summed E-state index contributed by atoms with van der Waals surface area (Å²) in [6.07, 6.45) is 5.41. The zero-order valence-corrected chi connectivity index (χ0v) is 16.3. The quantitative estimate of drug-likeness (QED) is 0.625. The average molecular weight is 412 g/mol. The van der Waals surface area contributed by atoms with E-state index in [1.165, 1.54) is 0 Å². The molecule has 2 aromatic carbocycles. The summed E-state index contributed by atoms with van der Waals surface area (Å²) in [6, 6.07) is 17.2. The van der Waals surface area contributed by atoms with Gasteiger partial charge in [-0.05, 0) is 53.0 Å². The zero-order chi connectivity index (χ0) is 18.4. The number of nitrogens with one attached hydrogen (secondary N) is 2. The van der Waals surface area contributed by atoms with Gasteiger partial charge in [0.1, 0.15) is 0 Å². The monoisotopic (exact) mass is 411 g/mol. The molecule has 1 unspecified atom stereocenters. The van der Waals surface area contributed by atoms with E-state index < -0.39 is 0 Å². The SMILES string of the molecule is CCCC1CC=C(Br)C(c2ccc(NC(=O)Nc3ccccc3)cc2)=N1. The fourth-order valence-electron chi connectivity index (χ4n) is 2.89. The third-order valence-corrected chi connectivity index (χ3v) is 4.88. The highest BCUT2D eigenvalue weighted by Gasteiger charge is 2.16. The summed E-state index contributed by atoms with van der Waals surface area (Å²) in [4.78, 5) is 16.9. The Hall–Kier alpha value is -2.40. The molecule has 2 amide bonds. The molecule has 0 fully saturated rings. The smallest absolute Gasteiger partial charge is 0.308 e. The first-order chi connectivity index (χ1) is 12.7. The van der Waals surface area contributed by atoms with Crippen molar-refractivity contribution in [2.75, 3.05) is 10.6 Å². The lowest BCUT2D eigenvalue weighted by Crippen LogP contribution is -2.19. The first-order valence-corrected chi connectivity index (χ1v) is 9.62. The van der Waals surface area contributed by atoms with E-state index in [1.54, 1.807) is 0 Å². The molecular weight excluding hydrogens is 390 g/mol. The molecule has 26 heavy (non-hydrogen) atoms. The van der Waals surface area contributed by atoms with Gasteiger partial charge < -0.3 is 10.6 Å². The van der Waals surface area contributed by atoms with Crippen molar-refractivity contribution < 1.29 is 4.79 Å². The normalized spacial score (nSPS) is 16.5. The maximum atomic E-state index is 12.1. The Balaban J connectivity index is 1.66. The molecule has 2 N–H and O–H groups in total. The van der Waals surface area contributed by atoms with Gasteiger partial charge in [-0.15, -0.1) is 0 Å². The maximum absolute atomic E-state index is 12.1.